The third-order valence-corrected chi connectivity index (χ3v) is 8.33. The highest BCUT2D eigenvalue weighted by molar-refractivity contribution is 5.84. The molecule has 0 radical (unpaired) electrons. The molecule has 0 aromatic rings. The number of hydrogen-bond acceptors (Lipinski definition) is 5. The molecule has 4 aliphatic rings. The van der Waals surface area contributed by atoms with Gasteiger partial charge in [-0.2, -0.15) is 0 Å². The molecule has 4 rings (SSSR count). The van der Waals surface area contributed by atoms with Crippen molar-refractivity contribution >= 4 is 5.78 Å². The Morgan fingerprint density at radius 2 is 1.80 bits per heavy atom. The van der Waals surface area contributed by atoms with Gasteiger partial charge in [0.15, 0.2) is 6.29 Å². The molecule has 5 nitrogen and oxygen atoms in total. The van der Waals surface area contributed by atoms with Gasteiger partial charge >= 0.3 is 0 Å². The third-order valence-electron chi connectivity index (χ3n) is 8.33. The number of carbonyl (C=O) groups is 1. The molecule has 0 bridgehead atoms. The van der Waals surface area contributed by atoms with Gasteiger partial charge < -0.3 is 19.7 Å². The van der Waals surface area contributed by atoms with Crippen LogP contribution in [0.3, 0.4) is 0 Å². The lowest BCUT2D eigenvalue weighted by atomic mass is 9.43. The van der Waals surface area contributed by atoms with Crippen LogP contribution in [0.25, 0.3) is 0 Å². The van der Waals surface area contributed by atoms with Crippen molar-refractivity contribution < 1.29 is 24.5 Å². The Labute approximate surface area is 150 Å². The molecule has 7 atom stereocenters. The molecule has 2 saturated heterocycles. The zero-order chi connectivity index (χ0) is 18.3. The highest BCUT2D eigenvalue weighted by atomic mass is 16.7. The quantitative estimate of drug-likeness (QED) is 0.700. The van der Waals surface area contributed by atoms with Crippen LogP contribution in [0.4, 0.5) is 0 Å². The Balaban J connectivity index is 1.79. The van der Waals surface area contributed by atoms with Gasteiger partial charge in [-0.15, -0.1) is 0 Å². The second kappa shape index (κ2) is 5.28. The second-order valence-corrected chi connectivity index (χ2v) is 9.83. The average Bonchev–Trinajstić information content (AvgIpc) is 3.08. The Bertz CT molecular complexity index is 589. The zero-order valence-electron chi connectivity index (χ0n) is 15.9. The fourth-order valence-corrected chi connectivity index (χ4v) is 6.92. The van der Waals surface area contributed by atoms with Gasteiger partial charge in [-0.25, -0.2) is 0 Å². The predicted molar refractivity (Wildman–Crippen MR) is 91.8 cm³/mol. The summed E-state index contributed by atoms with van der Waals surface area (Å²) in [5.41, 5.74) is -1.84. The number of ketones is 1. The first-order valence-corrected chi connectivity index (χ1v) is 9.80. The average molecular weight is 352 g/mol. The summed E-state index contributed by atoms with van der Waals surface area (Å²) in [6, 6.07) is 0. The summed E-state index contributed by atoms with van der Waals surface area (Å²) >= 11 is 0. The molecule has 2 aliphatic heterocycles. The van der Waals surface area contributed by atoms with Crippen LogP contribution in [0.2, 0.25) is 0 Å². The first kappa shape index (κ1) is 17.9. The Morgan fingerprint density at radius 1 is 1.08 bits per heavy atom. The van der Waals surface area contributed by atoms with Gasteiger partial charge in [-0.1, -0.05) is 27.7 Å². The lowest BCUT2D eigenvalue weighted by molar-refractivity contribution is -0.273. The first-order valence-electron chi connectivity index (χ1n) is 9.80. The van der Waals surface area contributed by atoms with Crippen LogP contribution in [-0.2, 0) is 14.3 Å². The summed E-state index contributed by atoms with van der Waals surface area (Å²) in [4.78, 5) is 13.1. The number of Topliss-reactive ketones (excluding diaryl/α,β-unsaturated/α-hetero) is 1. The topological polar surface area (TPSA) is 76.0 Å². The Hall–Kier alpha value is -0.490. The van der Waals surface area contributed by atoms with Crippen molar-refractivity contribution in [2.75, 3.05) is 6.61 Å². The van der Waals surface area contributed by atoms with Crippen LogP contribution in [0.15, 0.2) is 0 Å². The first-order chi connectivity index (χ1) is 11.6. The highest BCUT2D eigenvalue weighted by Crippen LogP contribution is 2.67. The van der Waals surface area contributed by atoms with E-state index in [1.165, 1.54) is 0 Å². The standard InChI is InChI=1S/C20H32O5/c1-12-11-13(21)15-17(2,3)14(22)5-6-18(15,4)20(12)8-7-19(25-20)9-10-24-16(19)23/h12,14-16,22-23H,5-11H2,1-4H3/t12-,14+,15+,16-,18+,19+,20-/m1/s1. The third kappa shape index (κ3) is 2.07. The van der Waals surface area contributed by atoms with Gasteiger partial charge in [-0.05, 0) is 31.6 Å². The van der Waals surface area contributed by atoms with Crippen molar-refractivity contribution in [1.82, 2.24) is 0 Å². The van der Waals surface area contributed by atoms with E-state index in [2.05, 4.69) is 13.8 Å². The molecule has 0 aromatic carbocycles. The SMILES string of the molecule is C[C@@H]1CC(=O)[C@H]2C(C)(C)[C@@H](O)CC[C@]2(C)[C@@]12CC[C@@]1(CCO[C@H]1O)O2. The van der Waals surface area contributed by atoms with E-state index in [0.29, 0.717) is 25.9 Å². The molecule has 2 N–H and O–H groups in total. The minimum atomic E-state index is -0.874. The van der Waals surface area contributed by atoms with Crippen LogP contribution in [0, 0.1) is 22.7 Å². The summed E-state index contributed by atoms with van der Waals surface area (Å²) in [7, 11) is 0. The molecule has 4 fully saturated rings. The van der Waals surface area contributed by atoms with E-state index in [1.54, 1.807) is 0 Å². The smallest absolute Gasteiger partial charge is 0.184 e. The van der Waals surface area contributed by atoms with E-state index in [-0.39, 0.29) is 23.0 Å². The van der Waals surface area contributed by atoms with Crippen LogP contribution in [0.5, 0.6) is 0 Å². The number of aliphatic hydroxyl groups is 2. The van der Waals surface area contributed by atoms with Crippen molar-refractivity contribution in [3.05, 3.63) is 0 Å². The second-order valence-electron chi connectivity index (χ2n) is 9.83. The summed E-state index contributed by atoms with van der Waals surface area (Å²) in [5, 5.41) is 21.0. The van der Waals surface area contributed by atoms with Gasteiger partial charge in [0.1, 0.15) is 11.4 Å². The normalized spacial score (nSPS) is 55.0. The number of fused-ring (bicyclic) bond motifs is 2. The number of hydrogen-bond donors (Lipinski definition) is 2. The van der Waals surface area contributed by atoms with Gasteiger partial charge in [-0.3, -0.25) is 4.79 Å². The van der Waals surface area contributed by atoms with E-state index in [1.807, 2.05) is 13.8 Å². The van der Waals surface area contributed by atoms with Crippen molar-refractivity contribution in [2.45, 2.75) is 89.8 Å². The molecule has 2 heterocycles. The number of aliphatic hydroxyl groups excluding tert-OH is 2. The van der Waals surface area contributed by atoms with Crippen molar-refractivity contribution in [2.24, 2.45) is 22.7 Å². The van der Waals surface area contributed by atoms with E-state index >= 15 is 0 Å². The molecule has 0 aromatic heterocycles. The van der Waals surface area contributed by atoms with Crippen molar-refractivity contribution in [1.29, 1.82) is 0 Å². The zero-order valence-corrected chi connectivity index (χ0v) is 15.9. The lowest BCUT2D eigenvalue weighted by Gasteiger charge is -2.63. The van der Waals surface area contributed by atoms with Crippen LogP contribution < -0.4 is 0 Å². The van der Waals surface area contributed by atoms with Gasteiger partial charge in [0.25, 0.3) is 0 Å². The summed E-state index contributed by atoms with van der Waals surface area (Å²) in [6.07, 6.45) is 2.96. The van der Waals surface area contributed by atoms with Gasteiger partial charge in [0.2, 0.25) is 0 Å². The summed E-state index contributed by atoms with van der Waals surface area (Å²) < 4.78 is 12.2. The van der Waals surface area contributed by atoms with E-state index in [4.69, 9.17) is 9.47 Å². The van der Waals surface area contributed by atoms with Crippen molar-refractivity contribution in [3.63, 3.8) is 0 Å². The fourth-order valence-electron chi connectivity index (χ4n) is 6.92. The van der Waals surface area contributed by atoms with Crippen LogP contribution >= 0.6 is 0 Å². The molecule has 2 spiro atoms. The van der Waals surface area contributed by atoms with Crippen molar-refractivity contribution in [3.8, 4) is 0 Å². The molecule has 0 unspecified atom stereocenters. The van der Waals surface area contributed by atoms with Crippen LogP contribution in [0.1, 0.15) is 66.2 Å². The highest BCUT2D eigenvalue weighted by Gasteiger charge is 2.71. The molecule has 2 aliphatic carbocycles. The largest absolute Gasteiger partial charge is 0.393 e. The molecule has 142 valence electrons. The summed E-state index contributed by atoms with van der Waals surface area (Å²) in [6.45, 7) is 8.90. The number of ether oxygens (including phenoxy) is 2. The number of carbonyl (C=O) groups excluding carboxylic acids is 1. The Kier molecular flexibility index (Phi) is 3.78. The predicted octanol–water partition coefficient (Wildman–Crippen LogP) is 2.43. The minimum absolute atomic E-state index is 0.111. The maximum atomic E-state index is 13.1. The lowest BCUT2D eigenvalue weighted by Crippen LogP contribution is -2.68. The van der Waals surface area contributed by atoms with Crippen LogP contribution in [-0.4, -0.2) is 46.2 Å². The Morgan fingerprint density at radius 3 is 2.44 bits per heavy atom. The molecule has 0 amide bonds. The van der Waals surface area contributed by atoms with Gasteiger partial charge in [0.05, 0.1) is 18.3 Å². The van der Waals surface area contributed by atoms with E-state index < -0.39 is 29.0 Å². The maximum Gasteiger partial charge on any atom is 0.184 e. The maximum absolute atomic E-state index is 13.1. The molecule has 25 heavy (non-hydrogen) atoms. The monoisotopic (exact) mass is 352 g/mol. The molecule has 5 heteroatoms. The van der Waals surface area contributed by atoms with E-state index in [0.717, 1.165) is 19.3 Å². The molecular weight excluding hydrogens is 320 g/mol. The molecule has 2 saturated carbocycles. The number of rotatable bonds is 0. The fraction of sp³-hybridized carbons (Fsp3) is 0.950. The van der Waals surface area contributed by atoms with E-state index in [9.17, 15) is 15.0 Å². The molecular formula is C20H32O5. The minimum Gasteiger partial charge on any atom is -0.393 e. The summed E-state index contributed by atoms with van der Waals surface area (Å²) in [5.74, 6) is 0.158. The van der Waals surface area contributed by atoms with Gasteiger partial charge in [0, 0.05) is 29.6 Å².